The molecule has 0 bridgehead atoms. The zero-order valence-corrected chi connectivity index (χ0v) is 18.3. The molecule has 0 unspecified atom stereocenters. The maximum absolute atomic E-state index is 12.9. The maximum Gasteiger partial charge on any atom is 0.295 e. The minimum atomic E-state index is -0.449. The second kappa shape index (κ2) is 8.79. The van der Waals surface area contributed by atoms with Crippen molar-refractivity contribution in [1.82, 2.24) is 14.8 Å². The van der Waals surface area contributed by atoms with E-state index in [2.05, 4.69) is 15.4 Å². The summed E-state index contributed by atoms with van der Waals surface area (Å²) in [5, 5.41) is 8.40. The number of nitrogens with one attached hydrogen (secondary N) is 1. The van der Waals surface area contributed by atoms with E-state index in [0.29, 0.717) is 27.3 Å². The molecule has 4 rings (SSSR count). The standard InChI is InChI=1S/C23H18Cl2N4O2/c1-14-9-10-17(25)12-20(14)29-22(15-5-3-6-16(24)11-15)27-21(28-29)23(30)26-18-7-4-8-19(13-18)31-2/h3-13H,1-2H3,(H,26,30). The number of benzene rings is 3. The number of aryl methyl sites for hydroxylation is 1. The largest absolute Gasteiger partial charge is 0.497 e. The second-order valence-corrected chi connectivity index (χ2v) is 7.67. The first-order valence-corrected chi connectivity index (χ1v) is 10.1. The smallest absolute Gasteiger partial charge is 0.295 e. The molecule has 0 radical (unpaired) electrons. The highest BCUT2D eigenvalue weighted by atomic mass is 35.5. The lowest BCUT2D eigenvalue weighted by Crippen LogP contribution is -2.14. The van der Waals surface area contributed by atoms with Gasteiger partial charge in [0.25, 0.3) is 5.91 Å². The van der Waals surface area contributed by atoms with Crippen LogP contribution >= 0.6 is 23.2 Å². The fraction of sp³-hybridized carbons (Fsp3) is 0.0870. The van der Waals surface area contributed by atoms with Gasteiger partial charge >= 0.3 is 0 Å². The van der Waals surface area contributed by atoms with E-state index in [1.165, 1.54) is 0 Å². The van der Waals surface area contributed by atoms with Crippen LogP contribution in [-0.4, -0.2) is 27.8 Å². The number of rotatable bonds is 5. The predicted molar refractivity (Wildman–Crippen MR) is 122 cm³/mol. The number of hydrogen-bond acceptors (Lipinski definition) is 4. The summed E-state index contributed by atoms with van der Waals surface area (Å²) in [4.78, 5) is 17.4. The van der Waals surface area contributed by atoms with Crippen LogP contribution in [0.4, 0.5) is 5.69 Å². The lowest BCUT2D eigenvalue weighted by molar-refractivity contribution is 0.101. The van der Waals surface area contributed by atoms with E-state index < -0.39 is 5.91 Å². The van der Waals surface area contributed by atoms with Crippen LogP contribution in [0.5, 0.6) is 5.75 Å². The molecule has 0 aliphatic heterocycles. The summed E-state index contributed by atoms with van der Waals surface area (Å²) in [5.74, 6) is 0.668. The van der Waals surface area contributed by atoms with E-state index in [1.807, 2.05) is 25.1 Å². The molecule has 0 saturated carbocycles. The number of ether oxygens (including phenoxy) is 1. The van der Waals surface area contributed by atoms with Crippen LogP contribution in [0.3, 0.4) is 0 Å². The molecule has 0 aliphatic rings. The Morgan fingerprint density at radius 3 is 2.55 bits per heavy atom. The Morgan fingerprint density at radius 1 is 1.00 bits per heavy atom. The summed E-state index contributed by atoms with van der Waals surface area (Å²) >= 11 is 12.4. The van der Waals surface area contributed by atoms with E-state index in [-0.39, 0.29) is 5.82 Å². The fourth-order valence-electron chi connectivity index (χ4n) is 3.09. The van der Waals surface area contributed by atoms with Crippen LogP contribution < -0.4 is 10.1 Å². The topological polar surface area (TPSA) is 69.0 Å². The molecule has 8 heteroatoms. The highest BCUT2D eigenvalue weighted by molar-refractivity contribution is 6.31. The summed E-state index contributed by atoms with van der Waals surface area (Å²) in [6.45, 7) is 1.94. The molecule has 1 heterocycles. The van der Waals surface area contributed by atoms with Crippen molar-refractivity contribution in [3.63, 3.8) is 0 Å². The van der Waals surface area contributed by atoms with Gasteiger partial charge in [-0.15, -0.1) is 5.10 Å². The van der Waals surface area contributed by atoms with Crippen LogP contribution in [-0.2, 0) is 0 Å². The zero-order valence-electron chi connectivity index (χ0n) is 16.8. The van der Waals surface area contributed by atoms with Crippen molar-refractivity contribution < 1.29 is 9.53 Å². The van der Waals surface area contributed by atoms with Gasteiger partial charge in [0.05, 0.1) is 12.8 Å². The van der Waals surface area contributed by atoms with Crippen molar-refractivity contribution in [2.24, 2.45) is 0 Å². The van der Waals surface area contributed by atoms with Crippen LogP contribution in [0.2, 0.25) is 10.0 Å². The van der Waals surface area contributed by atoms with Crippen molar-refractivity contribution in [2.75, 3.05) is 12.4 Å². The number of nitrogens with zero attached hydrogens (tertiary/aromatic N) is 3. The molecule has 0 spiro atoms. The third-order valence-corrected chi connectivity index (χ3v) is 5.09. The monoisotopic (exact) mass is 452 g/mol. The predicted octanol–water partition coefficient (Wildman–Crippen LogP) is 5.81. The van der Waals surface area contributed by atoms with Crippen molar-refractivity contribution in [1.29, 1.82) is 0 Å². The molecule has 0 aliphatic carbocycles. The summed E-state index contributed by atoms with van der Waals surface area (Å²) in [7, 11) is 1.56. The maximum atomic E-state index is 12.9. The molecule has 4 aromatic rings. The van der Waals surface area contributed by atoms with Crippen LogP contribution in [0.25, 0.3) is 17.1 Å². The Hall–Kier alpha value is -3.35. The van der Waals surface area contributed by atoms with Gasteiger partial charge in [-0.25, -0.2) is 9.67 Å². The van der Waals surface area contributed by atoms with E-state index >= 15 is 0 Å². The van der Waals surface area contributed by atoms with Gasteiger partial charge in [0.2, 0.25) is 5.82 Å². The quantitative estimate of drug-likeness (QED) is 0.414. The number of methoxy groups -OCH3 is 1. The third-order valence-electron chi connectivity index (χ3n) is 4.62. The Kier molecular flexibility index (Phi) is 5.93. The molecule has 6 nitrogen and oxygen atoms in total. The van der Waals surface area contributed by atoms with Gasteiger partial charge in [-0.05, 0) is 48.9 Å². The van der Waals surface area contributed by atoms with Crippen LogP contribution in [0.15, 0.2) is 66.7 Å². The van der Waals surface area contributed by atoms with E-state index in [0.717, 1.165) is 16.8 Å². The van der Waals surface area contributed by atoms with Crippen LogP contribution in [0.1, 0.15) is 16.2 Å². The molecular weight excluding hydrogens is 435 g/mol. The van der Waals surface area contributed by atoms with E-state index in [9.17, 15) is 4.79 Å². The molecule has 31 heavy (non-hydrogen) atoms. The summed E-state index contributed by atoms with van der Waals surface area (Å²) in [6, 6.07) is 19.7. The molecule has 1 aromatic heterocycles. The molecule has 0 saturated heterocycles. The SMILES string of the molecule is COc1cccc(NC(=O)c2nc(-c3cccc(Cl)c3)n(-c3cc(Cl)ccc3C)n2)c1. The van der Waals surface area contributed by atoms with Crippen LogP contribution in [0, 0.1) is 6.92 Å². The molecule has 0 atom stereocenters. The van der Waals surface area contributed by atoms with E-state index in [1.54, 1.807) is 60.3 Å². The van der Waals surface area contributed by atoms with Gasteiger partial charge in [-0.3, -0.25) is 4.79 Å². The fourth-order valence-corrected chi connectivity index (χ4v) is 3.45. The first-order chi connectivity index (χ1) is 14.9. The first-order valence-electron chi connectivity index (χ1n) is 9.39. The number of amides is 1. The van der Waals surface area contributed by atoms with Crippen molar-refractivity contribution in [3.8, 4) is 22.8 Å². The van der Waals surface area contributed by atoms with Crippen molar-refractivity contribution in [2.45, 2.75) is 6.92 Å². The minimum absolute atomic E-state index is 0.0113. The molecule has 1 amide bonds. The zero-order chi connectivity index (χ0) is 22.0. The van der Waals surface area contributed by atoms with Crippen molar-refractivity contribution >= 4 is 34.8 Å². The van der Waals surface area contributed by atoms with Gasteiger partial charge in [0.15, 0.2) is 5.82 Å². The summed E-state index contributed by atoms with van der Waals surface area (Å²) in [6.07, 6.45) is 0. The van der Waals surface area contributed by atoms with Crippen molar-refractivity contribution in [3.05, 3.63) is 88.2 Å². The Balaban J connectivity index is 1.79. The molecule has 156 valence electrons. The normalized spacial score (nSPS) is 10.7. The Labute approximate surface area is 189 Å². The lowest BCUT2D eigenvalue weighted by Gasteiger charge is -2.09. The van der Waals surface area contributed by atoms with E-state index in [4.69, 9.17) is 27.9 Å². The Morgan fingerprint density at radius 2 is 1.77 bits per heavy atom. The minimum Gasteiger partial charge on any atom is -0.497 e. The molecular formula is C23H18Cl2N4O2. The third kappa shape index (κ3) is 4.55. The molecule has 3 aromatic carbocycles. The van der Waals surface area contributed by atoms with Gasteiger partial charge in [-0.1, -0.05) is 47.5 Å². The van der Waals surface area contributed by atoms with Gasteiger partial charge < -0.3 is 10.1 Å². The van der Waals surface area contributed by atoms with Gasteiger partial charge in [0, 0.05) is 27.4 Å². The molecule has 1 N–H and O–H groups in total. The first kappa shape index (κ1) is 20.9. The summed E-state index contributed by atoms with van der Waals surface area (Å²) in [5.41, 5.74) is 2.94. The second-order valence-electron chi connectivity index (χ2n) is 6.80. The average molecular weight is 453 g/mol. The average Bonchev–Trinajstić information content (AvgIpc) is 3.21. The Bertz CT molecular complexity index is 1270. The molecule has 0 fully saturated rings. The lowest BCUT2D eigenvalue weighted by atomic mass is 10.2. The number of hydrogen-bond donors (Lipinski definition) is 1. The highest BCUT2D eigenvalue weighted by Gasteiger charge is 2.20. The number of anilines is 1. The summed E-state index contributed by atoms with van der Waals surface area (Å²) < 4.78 is 6.81. The number of carbonyl (C=O) groups is 1. The number of aromatic nitrogens is 3. The van der Waals surface area contributed by atoms with Gasteiger partial charge in [0.1, 0.15) is 5.75 Å². The van der Waals surface area contributed by atoms with Gasteiger partial charge in [-0.2, -0.15) is 0 Å². The number of carbonyl (C=O) groups excluding carboxylic acids is 1. The number of halogens is 2. The highest BCUT2D eigenvalue weighted by Crippen LogP contribution is 2.27.